The maximum Gasteiger partial charge on any atom is 0.257 e. The standard InChI is InChI=1S/C23H25ClN2O5S/c1-5-9-31-21-16(24)10-15(12-20(21)30-6-2)22(27)26-23-25-17(13-32-23)14-7-8-18(28-3)19(11-14)29-4/h7-8,10-13H,5-6,9H2,1-4H3,(H,25,26,27). The van der Waals surface area contributed by atoms with Gasteiger partial charge in [-0.15, -0.1) is 11.3 Å². The molecule has 0 bridgehead atoms. The van der Waals surface area contributed by atoms with Gasteiger partial charge in [0.15, 0.2) is 28.1 Å². The summed E-state index contributed by atoms with van der Waals surface area (Å²) in [5, 5.41) is 5.45. The Hall–Kier alpha value is -2.97. The minimum atomic E-state index is -0.344. The van der Waals surface area contributed by atoms with Gasteiger partial charge in [0.05, 0.1) is 38.1 Å². The lowest BCUT2D eigenvalue weighted by Gasteiger charge is -2.14. The number of anilines is 1. The number of carbonyl (C=O) groups is 1. The van der Waals surface area contributed by atoms with E-state index >= 15 is 0 Å². The molecular weight excluding hydrogens is 452 g/mol. The molecule has 9 heteroatoms. The van der Waals surface area contributed by atoms with Crippen molar-refractivity contribution >= 4 is 34.0 Å². The third kappa shape index (κ3) is 5.44. The molecule has 0 aliphatic heterocycles. The third-order valence-corrected chi connectivity index (χ3v) is 5.46. The number of rotatable bonds is 10. The first-order valence-corrected chi connectivity index (χ1v) is 11.3. The number of nitrogens with zero attached hydrogens (tertiary/aromatic N) is 1. The van der Waals surface area contributed by atoms with Crippen molar-refractivity contribution in [2.75, 3.05) is 32.8 Å². The van der Waals surface area contributed by atoms with Gasteiger partial charge in [-0.1, -0.05) is 18.5 Å². The van der Waals surface area contributed by atoms with Crippen molar-refractivity contribution in [1.29, 1.82) is 0 Å². The Bertz CT molecular complexity index is 1090. The van der Waals surface area contributed by atoms with E-state index in [0.29, 0.717) is 57.6 Å². The van der Waals surface area contributed by atoms with Crippen LogP contribution in [0.4, 0.5) is 5.13 Å². The molecule has 2 aromatic carbocycles. The first-order valence-electron chi connectivity index (χ1n) is 10.1. The van der Waals surface area contributed by atoms with Crippen LogP contribution in [0.25, 0.3) is 11.3 Å². The molecule has 1 amide bonds. The predicted octanol–water partition coefficient (Wildman–Crippen LogP) is 5.92. The van der Waals surface area contributed by atoms with Gasteiger partial charge in [0.2, 0.25) is 0 Å². The van der Waals surface area contributed by atoms with Crippen LogP contribution in [-0.4, -0.2) is 38.3 Å². The van der Waals surface area contributed by atoms with Gasteiger partial charge in [0, 0.05) is 16.5 Å². The fourth-order valence-electron chi connectivity index (χ4n) is 2.93. The molecule has 0 aliphatic carbocycles. The van der Waals surface area contributed by atoms with E-state index < -0.39 is 0 Å². The monoisotopic (exact) mass is 476 g/mol. The number of methoxy groups -OCH3 is 2. The molecule has 3 aromatic rings. The number of aromatic nitrogens is 1. The lowest BCUT2D eigenvalue weighted by Crippen LogP contribution is -2.12. The van der Waals surface area contributed by atoms with Crippen molar-refractivity contribution in [2.45, 2.75) is 20.3 Å². The molecule has 0 saturated heterocycles. The molecule has 0 aliphatic rings. The van der Waals surface area contributed by atoms with Gasteiger partial charge in [-0.05, 0) is 43.7 Å². The second-order valence-electron chi connectivity index (χ2n) is 6.63. The van der Waals surface area contributed by atoms with Crippen molar-refractivity contribution in [2.24, 2.45) is 0 Å². The summed E-state index contributed by atoms with van der Waals surface area (Å²) in [7, 11) is 3.16. The molecule has 0 radical (unpaired) electrons. The summed E-state index contributed by atoms with van der Waals surface area (Å²) in [5.41, 5.74) is 1.91. The molecule has 7 nitrogen and oxygen atoms in total. The highest BCUT2D eigenvalue weighted by molar-refractivity contribution is 7.14. The number of ether oxygens (including phenoxy) is 4. The molecule has 0 fully saturated rings. The number of thiazole rings is 1. The van der Waals surface area contributed by atoms with E-state index in [9.17, 15) is 4.79 Å². The van der Waals surface area contributed by atoms with Gasteiger partial charge < -0.3 is 18.9 Å². The fourth-order valence-corrected chi connectivity index (χ4v) is 3.91. The Kier molecular flexibility index (Phi) is 8.19. The summed E-state index contributed by atoms with van der Waals surface area (Å²) in [6.07, 6.45) is 0.830. The molecule has 0 spiro atoms. The zero-order valence-corrected chi connectivity index (χ0v) is 19.9. The molecular formula is C23H25ClN2O5S. The average Bonchev–Trinajstić information content (AvgIpc) is 3.26. The highest BCUT2D eigenvalue weighted by Crippen LogP contribution is 2.37. The van der Waals surface area contributed by atoms with Crippen LogP contribution in [0.3, 0.4) is 0 Å². The Labute approximate surface area is 196 Å². The van der Waals surface area contributed by atoms with Gasteiger partial charge in [0.25, 0.3) is 5.91 Å². The summed E-state index contributed by atoms with van der Waals surface area (Å²) in [6.45, 7) is 4.78. The lowest BCUT2D eigenvalue weighted by molar-refractivity contribution is 0.102. The van der Waals surface area contributed by atoms with Crippen LogP contribution >= 0.6 is 22.9 Å². The molecule has 32 heavy (non-hydrogen) atoms. The minimum Gasteiger partial charge on any atom is -0.493 e. The molecule has 170 valence electrons. The molecule has 0 atom stereocenters. The van der Waals surface area contributed by atoms with E-state index in [4.69, 9.17) is 30.5 Å². The van der Waals surface area contributed by atoms with Crippen molar-refractivity contribution in [3.05, 3.63) is 46.3 Å². The normalized spacial score (nSPS) is 10.5. The van der Waals surface area contributed by atoms with Crippen LogP contribution in [0.2, 0.25) is 5.02 Å². The van der Waals surface area contributed by atoms with Crippen LogP contribution < -0.4 is 24.3 Å². The molecule has 0 saturated carbocycles. The number of hydrogen-bond acceptors (Lipinski definition) is 7. The smallest absolute Gasteiger partial charge is 0.257 e. The average molecular weight is 477 g/mol. The number of benzene rings is 2. The summed E-state index contributed by atoms with van der Waals surface area (Å²) in [4.78, 5) is 17.4. The second-order valence-corrected chi connectivity index (χ2v) is 7.89. The maximum absolute atomic E-state index is 12.8. The first-order chi connectivity index (χ1) is 15.5. The van der Waals surface area contributed by atoms with E-state index in [1.807, 2.05) is 37.4 Å². The minimum absolute atomic E-state index is 0.319. The Balaban J connectivity index is 1.80. The van der Waals surface area contributed by atoms with Crippen molar-refractivity contribution in [3.8, 4) is 34.3 Å². The molecule has 1 heterocycles. The fraction of sp³-hybridized carbons (Fsp3) is 0.304. The predicted molar refractivity (Wildman–Crippen MR) is 127 cm³/mol. The number of hydrogen-bond donors (Lipinski definition) is 1. The van der Waals surface area contributed by atoms with Crippen molar-refractivity contribution in [1.82, 2.24) is 4.98 Å². The van der Waals surface area contributed by atoms with E-state index in [-0.39, 0.29) is 5.91 Å². The summed E-state index contributed by atoms with van der Waals surface area (Å²) < 4.78 is 21.9. The molecule has 1 N–H and O–H groups in total. The van der Waals surface area contributed by atoms with E-state index in [2.05, 4.69) is 10.3 Å². The number of nitrogens with one attached hydrogen (secondary N) is 1. The first kappa shape index (κ1) is 23.7. The third-order valence-electron chi connectivity index (χ3n) is 4.43. The molecule has 1 aromatic heterocycles. The van der Waals surface area contributed by atoms with Crippen LogP contribution in [0.5, 0.6) is 23.0 Å². The van der Waals surface area contributed by atoms with Gasteiger partial charge in [-0.3, -0.25) is 10.1 Å². The summed E-state index contributed by atoms with van der Waals surface area (Å²) in [6, 6.07) is 8.71. The maximum atomic E-state index is 12.8. The van der Waals surface area contributed by atoms with Crippen molar-refractivity contribution < 1.29 is 23.7 Å². The Morgan fingerprint density at radius 2 is 1.84 bits per heavy atom. The number of amides is 1. The van der Waals surface area contributed by atoms with Gasteiger partial charge in [-0.2, -0.15) is 0 Å². The molecule has 3 rings (SSSR count). The number of carbonyl (C=O) groups excluding carboxylic acids is 1. The lowest BCUT2D eigenvalue weighted by atomic mass is 10.1. The van der Waals surface area contributed by atoms with Crippen LogP contribution in [0, 0.1) is 0 Å². The SMILES string of the molecule is CCCOc1c(Cl)cc(C(=O)Nc2nc(-c3ccc(OC)c(OC)c3)cs2)cc1OCC. The highest BCUT2D eigenvalue weighted by atomic mass is 35.5. The van der Waals surface area contributed by atoms with Gasteiger partial charge >= 0.3 is 0 Å². The summed E-state index contributed by atoms with van der Waals surface area (Å²) >= 11 is 7.69. The van der Waals surface area contributed by atoms with Gasteiger partial charge in [0.1, 0.15) is 0 Å². The van der Waals surface area contributed by atoms with Gasteiger partial charge in [-0.25, -0.2) is 4.98 Å². The zero-order valence-electron chi connectivity index (χ0n) is 18.4. The topological polar surface area (TPSA) is 78.9 Å². The zero-order chi connectivity index (χ0) is 23.1. The van der Waals surface area contributed by atoms with E-state index in [0.717, 1.165) is 12.0 Å². The summed E-state index contributed by atoms with van der Waals surface area (Å²) in [5.74, 6) is 1.77. The number of halogens is 1. The second kappa shape index (κ2) is 11.1. The Morgan fingerprint density at radius 3 is 2.53 bits per heavy atom. The van der Waals surface area contributed by atoms with Crippen LogP contribution in [0.15, 0.2) is 35.7 Å². The van der Waals surface area contributed by atoms with E-state index in [1.165, 1.54) is 11.3 Å². The van der Waals surface area contributed by atoms with Crippen LogP contribution in [0.1, 0.15) is 30.6 Å². The van der Waals surface area contributed by atoms with Crippen molar-refractivity contribution in [3.63, 3.8) is 0 Å². The highest BCUT2D eigenvalue weighted by Gasteiger charge is 2.18. The van der Waals surface area contributed by atoms with E-state index in [1.54, 1.807) is 26.4 Å². The Morgan fingerprint density at radius 1 is 1.06 bits per heavy atom. The molecule has 0 unspecified atom stereocenters. The largest absolute Gasteiger partial charge is 0.493 e. The quantitative estimate of drug-likeness (QED) is 0.391. The van der Waals surface area contributed by atoms with Crippen LogP contribution in [-0.2, 0) is 0 Å².